The average molecular weight is 120 g/mol. The minimum atomic E-state index is 0.917. The number of hydrogen-bond donors (Lipinski definition) is 0. The summed E-state index contributed by atoms with van der Waals surface area (Å²) in [6.45, 7) is 2.37. The van der Waals surface area contributed by atoms with Gasteiger partial charge in [0.2, 0.25) is 0 Å². The Balaban J connectivity index is 3.02. The highest BCUT2D eigenvalue weighted by atomic mass is 28.3. The van der Waals surface area contributed by atoms with Crippen molar-refractivity contribution >= 4 is 30.7 Å². The maximum atomic E-state index is 2.37. The minimum absolute atomic E-state index is 0.917. The molecule has 32 valence electrons. The van der Waals surface area contributed by atoms with Gasteiger partial charge in [-0.1, -0.05) is 11.2 Å². The predicted molar refractivity (Wildman–Crippen MR) is 38.2 cm³/mol. The van der Waals surface area contributed by atoms with Crippen molar-refractivity contribution in [3.05, 3.63) is 0 Å². The molecule has 5 heavy (non-hydrogen) atoms. The Morgan fingerprint density at radius 3 is 1.20 bits per heavy atom. The maximum Gasteiger partial charge on any atom is 0.00179 e. The zero-order valence-corrected chi connectivity index (χ0v) is 10.5. The van der Waals surface area contributed by atoms with Gasteiger partial charge in [-0.25, -0.2) is 0 Å². The highest BCUT2D eigenvalue weighted by molar-refractivity contribution is 6.58. The summed E-state index contributed by atoms with van der Waals surface area (Å²) in [7, 11) is 4.29. The lowest BCUT2D eigenvalue weighted by Crippen LogP contribution is -2.04. The lowest BCUT2D eigenvalue weighted by Gasteiger charge is -2.04. The molecule has 0 N–H and O–H groups in total. The molecule has 0 aromatic carbocycles. The van der Waals surface area contributed by atoms with Gasteiger partial charge in [0.25, 0.3) is 0 Å². The third-order valence-corrected chi connectivity index (χ3v) is 0. The van der Waals surface area contributed by atoms with Gasteiger partial charge in [0, 0.05) is 30.7 Å². The van der Waals surface area contributed by atoms with Crippen LogP contribution in [0.1, 0.15) is 6.92 Å². The first-order valence-corrected chi connectivity index (χ1v) is 5.00. The fourth-order valence-electron chi connectivity index (χ4n) is 0. The van der Waals surface area contributed by atoms with E-state index in [0.29, 0.717) is 0 Å². The van der Waals surface area contributed by atoms with E-state index in [2.05, 4.69) is 6.92 Å². The van der Waals surface area contributed by atoms with Gasteiger partial charge in [-0.15, -0.1) is 0 Å². The van der Waals surface area contributed by atoms with Crippen LogP contribution in [0, 0.1) is 0 Å². The van der Waals surface area contributed by atoms with Crippen LogP contribution in [-0.4, -0.2) is 30.7 Å². The minimum Gasteiger partial charge on any atom is -0.0692 e. The summed E-state index contributed by atoms with van der Waals surface area (Å²) in [4.78, 5) is 0. The first-order chi connectivity index (χ1) is 2.00. The molecule has 0 atom stereocenters. The molecule has 0 aliphatic rings. The van der Waals surface area contributed by atoms with Crippen LogP contribution in [0.3, 0.4) is 0 Å². The van der Waals surface area contributed by atoms with Crippen LogP contribution >= 0.6 is 0 Å². The second kappa shape index (κ2) is 1.40. The Morgan fingerprint density at radius 2 is 1.20 bits per heavy atom. The molecule has 0 bridgehead atoms. The first kappa shape index (κ1) is 5.65. The Bertz CT molecular complexity index is 20.4. The van der Waals surface area contributed by atoms with Crippen LogP contribution in [0.15, 0.2) is 0 Å². The second-order valence-electron chi connectivity index (χ2n) is 3.00. The van der Waals surface area contributed by atoms with Crippen LogP contribution in [-0.2, 0) is 0 Å². The lowest BCUT2D eigenvalue weighted by molar-refractivity contribution is 1.24. The van der Waals surface area contributed by atoms with Crippen molar-refractivity contribution in [3.63, 3.8) is 0 Å². The van der Waals surface area contributed by atoms with Gasteiger partial charge in [-0.05, 0) is 0 Å². The Morgan fingerprint density at radius 1 is 1.20 bits per heavy atom. The molecule has 0 fully saturated rings. The summed E-state index contributed by atoms with van der Waals surface area (Å²) in [6, 6.07) is 0. The summed E-state index contributed by atoms with van der Waals surface area (Å²) in [5.74, 6) is 0. The molecule has 0 unspecified atom stereocenters. The normalized spacial score (nSPS) is 23.4. The van der Waals surface area contributed by atoms with Crippen molar-refractivity contribution in [1.82, 2.24) is 0 Å². The first-order valence-electron chi connectivity index (χ1n) is 2.00. The van der Waals surface area contributed by atoms with Gasteiger partial charge < -0.3 is 0 Å². The molecule has 0 spiro atoms. The predicted octanol–water partition coefficient (Wildman–Crippen LogP) is -2.82. The van der Waals surface area contributed by atoms with Crippen molar-refractivity contribution in [1.29, 1.82) is 0 Å². The Labute approximate surface area is 42.6 Å². The van der Waals surface area contributed by atoms with E-state index in [1.807, 2.05) is 0 Å². The molecule has 0 amide bonds. The number of hydrogen-bond acceptors (Lipinski definition) is 0. The largest absolute Gasteiger partial charge is 0.0692 e. The van der Waals surface area contributed by atoms with E-state index in [4.69, 9.17) is 0 Å². The zero-order chi connectivity index (χ0) is 4.50. The molecule has 0 radical (unpaired) electrons. The highest BCUT2D eigenvalue weighted by Crippen LogP contribution is 2.01. The molecule has 0 saturated heterocycles. The summed E-state index contributed by atoms with van der Waals surface area (Å²) in [6.07, 6.45) is 0. The van der Waals surface area contributed by atoms with E-state index in [1.54, 1.807) is 0 Å². The summed E-state index contributed by atoms with van der Waals surface area (Å²) in [5, 5.41) is 0. The third kappa shape index (κ3) is 77.2. The van der Waals surface area contributed by atoms with E-state index in [1.165, 1.54) is 30.7 Å². The van der Waals surface area contributed by atoms with E-state index in [9.17, 15) is 0 Å². The third-order valence-electron chi connectivity index (χ3n) is 0. The van der Waals surface area contributed by atoms with Crippen LogP contribution in [0.25, 0.3) is 0 Å². The quantitative estimate of drug-likeness (QED) is 0.303. The van der Waals surface area contributed by atoms with Crippen LogP contribution in [0.4, 0.5) is 0 Å². The van der Waals surface area contributed by atoms with Crippen molar-refractivity contribution < 1.29 is 0 Å². The van der Waals surface area contributed by atoms with Crippen LogP contribution in [0.5, 0.6) is 0 Å². The maximum absolute atomic E-state index is 2.37. The molecule has 0 aromatic heterocycles. The second-order valence-corrected chi connectivity index (χ2v) is 18.0. The van der Waals surface area contributed by atoms with Crippen molar-refractivity contribution in [3.8, 4) is 0 Å². The fourth-order valence-corrected chi connectivity index (χ4v) is 0. The van der Waals surface area contributed by atoms with Crippen LogP contribution in [0.2, 0.25) is 4.28 Å². The SMILES string of the molecule is CC([SiH3])([SiH3])[SiH3]. The summed E-state index contributed by atoms with van der Waals surface area (Å²) >= 11 is 0. The number of rotatable bonds is 0. The Kier molecular flexibility index (Phi) is 1.58. The molecule has 0 rings (SSSR count). The Hall–Kier alpha value is 0.651. The zero-order valence-electron chi connectivity index (χ0n) is 4.50. The summed E-state index contributed by atoms with van der Waals surface area (Å²) < 4.78 is 0.917. The standard InChI is InChI=1S/C2H12Si3/c1-2(3,4)5/h1,3-5H3. The van der Waals surface area contributed by atoms with Gasteiger partial charge in [0.1, 0.15) is 0 Å². The molecule has 3 heteroatoms. The molecule has 0 aliphatic carbocycles. The van der Waals surface area contributed by atoms with Crippen molar-refractivity contribution in [2.45, 2.75) is 11.2 Å². The van der Waals surface area contributed by atoms with E-state index >= 15 is 0 Å². The lowest BCUT2D eigenvalue weighted by atomic mass is 10.9. The van der Waals surface area contributed by atoms with Crippen molar-refractivity contribution in [2.75, 3.05) is 0 Å². The van der Waals surface area contributed by atoms with E-state index in [0.717, 1.165) is 4.28 Å². The van der Waals surface area contributed by atoms with Gasteiger partial charge in [0.15, 0.2) is 0 Å². The van der Waals surface area contributed by atoms with Gasteiger partial charge in [-0.2, -0.15) is 0 Å². The topological polar surface area (TPSA) is 0 Å². The van der Waals surface area contributed by atoms with Gasteiger partial charge in [0.05, 0.1) is 0 Å². The average Bonchev–Trinajstić information content (AvgIpc) is 0.722. The van der Waals surface area contributed by atoms with E-state index < -0.39 is 0 Å². The molecule has 0 aliphatic heterocycles. The molecule has 0 aromatic rings. The van der Waals surface area contributed by atoms with Gasteiger partial charge >= 0.3 is 0 Å². The van der Waals surface area contributed by atoms with Gasteiger partial charge in [-0.3, -0.25) is 0 Å². The molecule has 0 heterocycles. The smallest absolute Gasteiger partial charge is 0.00179 e. The van der Waals surface area contributed by atoms with E-state index in [-0.39, 0.29) is 0 Å². The van der Waals surface area contributed by atoms with Crippen LogP contribution < -0.4 is 0 Å². The molecule has 0 saturated carbocycles. The molecular formula is C2H12Si3. The molecular weight excluding hydrogens is 108 g/mol. The fraction of sp³-hybridized carbons (Fsp3) is 1.00. The molecule has 0 nitrogen and oxygen atoms in total. The highest BCUT2D eigenvalue weighted by Gasteiger charge is 1.96. The van der Waals surface area contributed by atoms with Crippen molar-refractivity contribution in [2.24, 2.45) is 0 Å². The monoisotopic (exact) mass is 120 g/mol. The summed E-state index contributed by atoms with van der Waals surface area (Å²) in [5.41, 5.74) is 0.